The molecular weight excluding hydrogens is 407 g/mol. The number of nitrogens with one attached hydrogen (secondary N) is 1. The molecule has 0 aromatic heterocycles. The zero-order valence-electron chi connectivity index (χ0n) is 12.9. The van der Waals surface area contributed by atoms with Gasteiger partial charge in [-0.25, -0.2) is 8.42 Å². The summed E-state index contributed by atoms with van der Waals surface area (Å²) in [5, 5.41) is 0. The van der Waals surface area contributed by atoms with Crippen molar-refractivity contribution in [3.8, 4) is 0 Å². The Balaban J connectivity index is 2.41. The van der Waals surface area contributed by atoms with Gasteiger partial charge in [0.1, 0.15) is 0 Å². The van der Waals surface area contributed by atoms with Crippen LogP contribution in [0.2, 0.25) is 0 Å². The van der Waals surface area contributed by atoms with Crippen LogP contribution in [-0.2, 0) is 16.2 Å². The van der Waals surface area contributed by atoms with E-state index in [1.165, 1.54) is 0 Å². The molecule has 0 atom stereocenters. The van der Waals surface area contributed by atoms with Crippen LogP contribution in [0.5, 0.6) is 0 Å². The van der Waals surface area contributed by atoms with Crippen molar-refractivity contribution >= 4 is 31.6 Å². The van der Waals surface area contributed by atoms with Crippen molar-refractivity contribution in [2.45, 2.75) is 30.8 Å². The predicted molar refractivity (Wildman–Crippen MR) is 90.5 cm³/mol. The maximum absolute atomic E-state index is 12.9. The Kier molecular flexibility index (Phi) is 5.29. The van der Waals surface area contributed by atoms with Crippen molar-refractivity contribution in [1.82, 2.24) is 0 Å². The molecule has 0 aliphatic rings. The molecule has 2 aromatic rings. The standard InChI is InChI=1S/C16H15BrF3NO2S/c1-10(2)11-4-3-5-14(6-11)21-24(22,23)15-8-12(16(18,19)20)7-13(17)9-15/h3-10,21H,1-2H3. The van der Waals surface area contributed by atoms with Gasteiger partial charge < -0.3 is 0 Å². The van der Waals surface area contributed by atoms with E-state index >= 15 is 0 Å². The van der Waals surface area contributed by atoms with E-state index in [-0.39, 0.29) is 10.4 Å². The van der Waals surface area contributed by atoms with Gasteiger partial charge in [-0.1, -0.05) is 41.9 Å². The van der Waals surface area contributed by atoms with Gasteiger partial charge in [0.25, 0.3) is 10.0 Å². The Morgan fingerprint density at radius 1 is 1.08 bits per heavy atom. The second-order valence-electron chi connectivity index (χ2n) is 5.56. The second-order valence-corrected chi connectivity index (χ2v) is 8.16. The number of hydrogen-bond donors (Lipinski definition) is 1. The molecule has 2 aromatic carbocycles. The lowest BCUT2D eigenvalue weighted by Crippen LogP contribution is -2.15. The summed E-state index contributed by atoms with van der Waals surface area (Å²) in [6, 6.07) is 9.32. The smallest absolute Gasteiger partial charge is 0.280 e. The van der Waals surface area contributed by atoms with Gasteiger partial charge in [-0.05, 0) is 41.8 Å². The molecule has 0 saturated heterocycles. The zero-order valence-corrected chi connectivity index (χ0v) is 15.3. The van der Waals surface area contributed by atoms with Crippen molar-refractivity contribution in [1.29, 1.82) is 0 Å². The van der Waals surface area contributed by atoms with Crippen LogP contribution in [0.3, 0.4) is 0 Å². The molecular formula is C16H15BrF3NO2S. The Bertz CT molecular complexity index is 849. The van der Waals surface area contributed by atoms with E-state index in [2.05, 4.69) is 20.7 Å². The number of rotatable bonds is 4. The zero-order chi connectivity index (χ0) is 18.1. The topological polar surface area (TPSA) is 46.2 Å². The Morgan fingerprint density at radius 3 is 2.33 bits per heavy atom. The van der Waals surface area contributed by atoms with E-state index in [0.717, 1.165) is 17.7 Å². The monoisotopic (exact) mass is 421 g/mol. The van der Waals surface area contributed by atoms with Crippen molar-refractivity contribution < 1.29 is 21.6 Å². The number of sulfonamides is 1. The number of benzene rings is 2. The fraction of sp³-hybridized carbons (Fsp3) is 0.250. The lowest BCUT2D eigenvalue weighted by atomic mass is 10.0. The van der Waals surface area contributed by atoms with Crippen molar-refractivity contribution in [2.75, 3.05) is 4.72 Å². The fourth-order valence-electron chi connectivity index (χ4n) is 2.06. The molecule has 0 unspecified atom stereocenters. The molecule has 0 bridgehead atoms. The Morgan fingerprint density at radius 2 is 1.75 bits per heavy atom. The maximum atomic E-state index is 12.9. The molecule has 0 heterocycles. The molecule has 3 nitrogen and oxygen atoms in total. The van der Waals surface area contributed by atoms with E-state index in [9.17, 15) is 21.6 Å². The highest BCUT2D eigenvalue weighted by molar-refractivity contribution is 9.10. The van der Waals surface area contributed by atoms with Crippen LogP contribution in [-0.4, -0.2) is 8.42 Å². The molecule has 130 valence electrons. The molecule has 0 spiro atoms. The highest BCUT2D eigenvalue weighted by Crippen LogP contribution is 2.33. The SMILES string of the molecule is CC(C)c1cccc(NS(=O)(=O)c2cc(Br)cc(C(F)(F)F)c2)c1. The van der Waals surface area contributed by atoms with Gasteiger partial charge in [-0.2, -0.15) is 13.2 Å². The molecule has 24 heavy (non-hydrogen) atoms. The van der Waals surface area contributed by atoms with Crippen LogP contribution in [0.15, 0.2) is 51.8 Å². The average Bonchev–Trinajstić information content (AvgIpc) is 2.45. The van der Waals surface area contributed by atoms with E-state index in [1.54, 1.807) is 18.2 Å². The van der Waals surface area contributed by atoms with Crippen LogP contribution in [0.1, 0.15) is 30.9 Å². The third kappa shape index (κ3) is 4.51. The van der Waals surface area contributed by atoms with Crippen LogP contribution < -0.4 is 4.72 Å². The second kappa shape index (κ2) is 6.76. The predicted octanol–water partition coefficient (Wildman–Crippen LogP) is 5.39. The summed E-state index contributed by atoms with van der Waals surface area (Å²) in [5.74, 6) is 0.192. The average molecular weight is 422 g/mol. The molecule has 0 amide bonds. The van der Waals surface area contributed by atoms with Gasteiger partial charge in [-0.3, -0.25) is 4.72 Å². The van der Waals surface area contributed by atoms with Gasteiger partial charge in [0.15, 0.2) is 0 Å². The molecule has 8 heteroatoms. The maximum Gasteiger partial charge on any atom is 0.416 e. The molecule has 0 aliphatic heterocycles. The third-order valence-corrected chi connectivity index (χ3v) is 5.13. The lowest BCUT2D eigenvalue weighted by Gasteiger charge is -2.13. The van der Waals surface area contributed by atoms with E-state index in [0.29, 0.717) is 11.8 Å². The van der Waals surface area contributed by atoms with Crippen LogP contribution >= 0.6 is 15.9 Å². The van der Waals surface area contributed by atoms with E-state index < -0.39 is 26.7 Å². The van der Waals surface area contributed by atoms with Gasteiger partial charge in [0.2, 0.25) is 0 Å². The highest BCUT2D eigenvalue weighted by atomic mass is 79.9. The molecule has 0 aliphatic carbocycles. The minimum atomic E-state index is -4.63. The van der Waals surface area contributed by atoms with Crippen LogP contribution in [0.25, 0.3) is 0 Å². The number of halogens is 4. The lowest BCUT2D eigenvalue weighted by molar-refractivity contribution is -0.137. The first-order valence-electron chi connectivity index (χ1n) is 6.99. The van der Waals surface area contributed by atoms with Gasteiger partial charge in [-0.15, -0.1) is 0 Å². The van der Waals surface area contributed by atoms with Crippen molar-refractivity contribution in [3.63, 3.8) is 0 Å². The number of hydrogen-bond acceptors (Lipinski definition) is 2. The molecule has 0 fully saturated rings. The first kappa shape index (κ1) is 18.8. The summed E-state index contributed by atoms with van der Waals surface area (Å²) < 4.78 is 65.8. The summed E-state index contributed by atoms with van der Waals surface area (Å²) >= 11 is 2.92. The van der Waals surface area contributed by atoms with Gasteiger partial charge >= 0.3 is 6.18 Å². The molecule has 0 radical (unpaired) electrons. The van der Waals surface area contributed by atoms with E-state index in [1.807, 2.05) is 19.9 Å². The third-order valence-electron chi connectivity index (χ3n) is 3.31. The highest BCUT2D eigenvalue weighted by Gasteiger charge is 2.32. The van der Waals surface area contributed by atoms with Gasteiger partial charge in [0, 0.05) is 10.2 Å². The minimum Gasteiger partial charge on any atom is -0.280 e. The quantitative estimate of drug-likeness (QED) is 0.718. The Hall–Kier alpha value is -1.54. The summed E-state index contributed by atoms with van der Waals surface area (Å²) in [6.45, 7) is 3.91. The first-order valence-corrected chi connectivity index (χ1v) is 9.27. The fourth-order valence-corrected chi connectivity index (χ4v) is 3.82. The molecule has 1 N–H and O–H groups in total. The summed E-state index contributed by atoms with van der Waals surface area (Å²) in [5.41, 5.74) is 0.184. The molecule has 0 saturated carbocycles. The van der Waals surface area contributed by atoms with Crippen molar-refractivity contribution in [3.05, 3.63) is 58.1 Å². The normalized spacial score (nSPS) is 12.5. The minimum absolute atomic E-state index is 0.0358. The summed E-state index contributed by atoms with van der Waals surface area (Å²) in [4.78, 5) is -0.459. The first-order chi connectivity index (χ1) is 11.0. The van der Waals surface area contributed by atoms with Crippen LogP contribution in [0, 0.1) is 0 Å². The van der Waals surface area contributed by atoms with Gasteiger partial charge in [0.05, 0.1) is 10.5 Å². The number of alkyl halides is 3. The van der Waals surface area contributed by atoms with Crippen molar-refractivity contribution in [2.24, 2.45) is 0 Å². The Labute approximate surface area is 147 Å². The van der Waals surface area contributed by atoms with Crippen LogP contribution in [0.4, 0.5) is 18.9 Å². The largest absolute Gasteiger partial charge is 0.416 e. The summed E-state index contributed by atoms with van der Waals surface area (Å²) in [7, 11) is -4.14. The summed E-state index contributed by atoms with van der Waals surface area (Å²) in [6.07, 6.45) is -4.63. The molecule has 2 rings (SSSR count). The van der Waals surface area contributed by atoms with E-state index in [4.69, 9.17) is 0 Å². The number of anilines is 1.